The van der Waals surface area contributed by atoms with Gasteiger partial charge in [-0.25, -0.2) is 4.98 Å². The lowest BCUT2D eigenvalue weighted by Crippen LogP contribution is -2.36. The Labute approximate surface area is 151 Å². The number of benzene rings is 2. The number of rotatable bonds is 4. The summed E-state index contributed by atoms with van der Waals surface area (Å²) in [7, 11) is 0. The zero-order chi connectivity index (χ0) is 18.1. The lowest BCUT2D eigenvalue weighted by molar-refractivity contribution is 0.0717. The van der Waals surface area contributed by atoms with Crippen LogP contribution >= 0.6 is 0 Å². The predicted molar refractivity (Wildman–Crippen MR) is 98.2 cm³/mol. The van der Waals surface area contributed by atoms with Crippen molar-refractivity contribution in [3.05, 3.63) is 65.5 Å². The summed E-state index contributed by atoms with van der Waals surface area (Å²) < 4.78 is 5.53. The van der Waals surface area contributed by atoms with Gasteiger partial charge in [-0.15, -0.1) is 0 Å². The minimum absolute atomic E-state index is 0.0516. The number of aromatic nitrogens is 1. The van der Waals surface area contributed by atoms with Gasteiger partial charge >= 0.3 is 0 Å². The topological polar surface area (TPSA) is 63.4 Å². The van der Waals surface area contributed by atoms with E-state index in [0.717, 1.165) is 18.4 Å². The molecule has 2 aromatic carbocycles. The first-order valence-electron chi connectivity index (χ1n) is 8.88. The summed E-state index contributed by atoms with van der Waals surface area (Å²) >= 11 is 0. The van der Waals surface area contributed by atoms with Crippen LogP contribution in [0.4, 0.5) is 0 Å². The van der Waals surface area contributed by atoms with Gasteiger partial charge in [0.25, 0.3) is 5.91 Å². The smallest absolute Gasteiger partial charge is 0.254 e. The van der Waals surface area contributed by atoms with E-state index >= 15 is 0 Å². The van der Waals surface area contributed by atoms with Crippen molar-refractivity contribution in [3.8, 4) is 0 Å². The predicted octanol–water partition coefficient (Wildman–Crippen LogP) is 4.01. The molecule has 1 aliphatic heterocycles. The number of carbonyl (C=O) groups excluding carboxylic acids is 2. The minimum atomic E-state index is -0.0534. The highest BCUT2D eigenvalue weighted by atomic mass is 16.3. The molecule has 0 saturated carbocycles. The summed E-state index contributed by atoms with van der Waals surface area (Å²) in [5.74, 6) is 0.609. The largest absolute Gasteiger partial charge is 0.441 e. The molecule has 0 spiro atoms. The third-order valence-corrected chi connectivity index (χ3v) is 4.90. The number of likely N-dealkylation sites (tertiary alicyclic amines) is 1. The van der Waals surface area contributed by atoms with E-state index in [9.17, 15) is 9.59 Å². The van der Waals surface area contributed by atoms with Gasteiger partial charge in [0.1, 0.15) is 5.52 Å². The highest BCUT2D eigenvalue weighted by Crippen LogP contribution is 2.25. The first-order chi connectivity index (χ1) is 12.6. The van der Waals surface area contributed by atoms with E-state index in [2.05, 4.69) is 4.98 Å². The maximum absolute atomic E-state index is 13.0. The SMILES string of the molecule is Cc1nc2ccc(C(=O)N3CCC[C@@H]3CC(=O)c3ccccc3)cc2o1. The molecule has 4 rings (SSSR count). The molecule has 26 heavy (non-hydrogen) atoms. The van der Waals surface area contributed by atoms with Gasteiger partial charge < -0.3 is 9.32 Å². The number of fused-ring (bicyclic) bond motifs is 1. The molecule has 0 unspecified atom stereocenters. The molecule has 1 fully saturated rings. The summed E-state index contributed by atoms with van der Waals surface area (Å²) in [5.41, 5.74) is 2.64. The van der Waals surface area contributed by atoms with Crippen molar-refractivity contribution < 1.29 is 14.0 Å². The fourth-order valence-corrected chi connectivity index (χ4v) is 3.61. The van der Waals surface area contributed by atoms with E-state index < -0.39 is 0 Å². The monoisotopic (exact) mass is 348 g/mol. The molecule has 0 N–H and O–H groups in total. The van der Waals surface area contributed by atoms with Gasteiger partial charge in [0.2, 0.25) is 0 Å². The van der Waals surface area contributed by atoms with Crippen LogP contribution in [0.1, 0.15) is 45.9 Å². The van der Waals surface area contributed by atoms with Gasteiger partial charge in [-0.3, -0.25) is 9.59 Å². The Bertz CT molecular complexity index is 962. The van der Waals surface area contributed by atoms with Gasteiger partial charge in [0, 0.05) is 37.1 Å². The number of ketones is 1. The summed E-state index contributed by atoms with van der Waals surface area (Å²) in [5, 5.41) is 0. The Balaban J connectivity index is 1.53. The Morgan fingerprint density at radius 2 is 1.96 bits per heavy atom. The standard InChI is InChI=1S/C21H20N2O3/c1-14-22-18-10-9-16(12-20(18)26-14)21(25)23-11-5-8-17(23)13-19(24)15-6-3-2-4-7-15/h2-4,6-7,9-10,12,17H,5,8,11,13H2,1H3/t17-/m1/s1. The molecular weight excluding hydrogens is 328 g/mol. The quantitative estimate of drug-likeness (QED) is 0.668. The Kier molecular flexibility index (Phi) is 4.29. The van der Waals surface area contributed by atoms with E-state index in [1.807, 2.05) is 35.2 Å². The van der Waals surface area contributed by atoms with Crippen molar-refractivity contribution in [1.29, 1.82) is 0 Å². The van der Waals surface area contributed by atoms with Gasteiger partial charge in [-0.1, -0.05) is 30.3 Å². The Hall–Kier alpha value is -2.95. The van der Waals surface area contributed by atoms with Gasteiger partial charge in [0.15, 0.2) is 17.3 Å². The summed E-state index contributed by atoms with van der Waals surface area (Å²) in [6.45, 7) is 2.46. The second-order valence-corrected chi connectivity index (χ2v) is 6.70. The zero-order valence-electron chi connectivity index (χ0n) is 14.6. The van der Waals surface area contributed by atoms with Crippen LogP contribution in [0.5, 0.6) is 0 Å². The molecule has 1 aliphatic rings. The lowest BCUT2D eigenvalue weighted by atomic mass is 10.0. The fraction of sp³-hybridized carbons (Fsp3) is 0.286. The molecule has 1 saturated heterocycles. The minimum Gasteiger partial charge on any atom is -0.441 e. The van der Waals surface area contributed by atoms with E-state index in [-0.39, 0.29) is 17.7 Å². The molecule has 3 aromatic rings. The number of hydrogen-bond donors (Lipinski definition) is 0. The van der Waals surface area contributed by atoms with Crippen molar-refractivity contribution in [3.63, 3.8) is 0 Å². The number of hydrogen-bond acceptors (Lipinski definition) is 4. The van der Waals surface area contributed by atoms with E-state index in [0.29, 0.717) is 35.6 Å². The maximum Gasteiger partial charge on any atom is 0.254 e. The first kappa shape index (κ1) is 16.5. The van der Waals surface area contributed by atoms with Crippen molar-refractivity contribution in [2.75, 3.05) is 6.54 Å². The van der Waals surface area contributed by atoms with Crippen LogP contribution in [0.3, 0.4) is 0 Å². The number of carbonyl (C=O) groups is 2. The van der Waals surface area contributed by atoms with Crippen LogP contribution in [0.25, 0.3) is 11.1 Å². The summed E-state index contributed by atoms with van der Waals surface area (Å²) in [6.07, 6.45) is 2.13. The van der Waals surface area contributed by atoms with Crippen LogP contribution in [0.15, 0.2) is 52.9 Å². The van der Waals surface area contributed by atoms with Gasteiger partial charge in [-0.2, -0.15) is 0 Å². The molecule has 0 aliphatic carbocycles. The molecule has 1 atom stereocenters. The average Bonchev–Trinajstić information content (AvgIpc) is 3.26. The van der Waals surface area contributed by atoms with Crippen molar-refractivity contribution >= 4 is 22.8 Å². The molecule has 132 valence electrons. The molecule has 2 heterocycles. The third kappa shape index (κ3) is 3.12. The van der Waals surface area contributed by atoms with Crippen LogP contribution in [0.2, 0.25) is 0 Å². The molecule has 5 nitrogen and oxygen atoms in total. The number of oxazole rings is 1. The Morgan fingerprint density at radius 1 is 1.15 bits per heavy atom. The third-order valence-electron chi connectivity index (χ3n) is 4.90. The van der Waals surface area contributed by atoms with Gasteiger partial charge in [0.05, 0.1) is 0 Å². The summed E-state index contributed by atoms with van der Waals surface area (Å²) in [6, 6.07) is 14.5. The van der Waals surface area contributed by atoms with Crippen LogP contribution in [-0.2, 0) is 0 Å². The van der Waals surface area contributed by atoms with Crippen LogP contribution in [-0.4, -0.2) is 34.2 Å². The van der Waals surface area contributed by atoms with Gasteiger partial charge in [-0.05, 0) is 31.0 Å². The molecule has 1 amide bonds. The van der Waals surface area contributed by atoms with E-state index in [4.69, 9.17) is 4.42 Å². The lowest BCUT2D eigenvalue weighted by Gasteiger charge is -2.24. The van der Waals surface area contributed by atoms with E-state index in [1.165, 1.54) is 0 Å². The molecular formula is C21H20N2O3. The number of Topliss-reactive ketones (excluding diaryl/α,β-unsaturated/α-hetero) is 1. The number of amides is 1. The Morgan fingerprint density at radius 3 is 2.77 bits per heavy atom. The zero-order valence-corrected chi connectivity index (χ0v) is 14.6. The maximum atomic E-state index is 13.0. The van der Waals surface area contributed by atoms with Crippen molar-refractivity contribution in [2.24, 2.45) is 0 Å². The van der Waals surface area contributed by atoms with Crippen molar-refractivity contribution in [1.82, 2.24) is 9.88 Å². The highest BCUT2D eigenvalue weighted by Gasteiger charge is 2.31. The van der Waals surface area contributed by atoms with E-state index in [1.54, 1.807) is 25.1 Å². The molecule has 0 bridgehead atoms. The normalized spacial score (nSPS) is 17.0. The first-order valence-corrected chi connectivity index (χ1v) is 8.88. The second-order valence-electron chi connectivity index (χ2n) is 6.70. The average molecular weight is 348 g/mol. The molecule has 0 radical (unpaired) electrons. The fourth-order valence-electron chi connectivity index (χ4n) is 3.61. The van der Waals surface area contributed by atoms with Crippen LogP contribution < -0.4 is 0 Å². The van der Waals surface area contributed by atoms with Crippen LogP contribution in [0, 0.1) is 6.92 Å². The number of aryl methyl sites for hydroxylation is 1. The molecule has 5 heteroatoms. The highest BCUT2D eigenvalue weighted by molar-refractivity contribution is 5.99. The second kappa shape index (κ2) is 6.75. The van der Waals surface area contributed by atoms with Crippen molar-refractivity contribution in [2.45, 2.75) is 32.2 Å². The number of nitrogens with zero attached hydrogens (tertiary/aromatic N) is 2. The molecule has 1 aromatic heterocycles. The summed E-state index contributed by atoms with van der Waals surface area (Å²) in [4.78, 5) is 31.6.